The van der Waals surface area contributed by atoms with E-state index in [0.717, 1.165) is 0 Å². The minimum absolute atomic E-state index is 0.0127. The van der Waals surface area contributed by atoms with E-state index < -0.39 is 27.6 Å². The molecule has 0 rings (SSSR count). The number of carbonyl (C=O) groups is 1. The van der Waals surface area contributed by atoms with Gasteiger partial charge in [-0.05, 0) is 20.8 Å². The van der Waals surface area contributed by atoms with E-state index in [0.29, 0.717) is 0 Å². The van der Waals surface area contributed by atoms with Crippen molar-refractivity contribution >= 4 is 16.8 Å². The maximum Gasteiger partial charge on any atom is 0.321 e. The normalized spacial score (nSPS) is 17.0. The van der Waals surface area contributed by atoms with Crippen molar-refractivity contribution in [2.24, 2.45) is 5.73 Å². The molecule has 0 radical (unpaired) electrons. The number of carboxylic acid groups (broad SMARTS) is 1. The Morgan fingerprint density at radius 1 is 1.58 bits per heavy atom. The number of hydrogen-bond donors (Lipinski definition) is 2. The van der Waals surface area contributed by atoms with Crippen LogP contribution in [0.25, 0.3) is 0 Å². The molecule has 0 amide bonds. The Kier molecular flexibility index (Phi) is 3.86. The molecule has 0 aromatic carbocycles. The summed E-state index contributed by atoms with van der Waals surface area (Å²) in [5, 5.41) is 8.44. The van der Waals surface area contributed by atoms with Crippen LogP contribution in [0.15, 0.2) is 0 Å². The molecule has 2 atom stereocenters. The van der Waals surface area contributed by atoms with Crippen molar-refractivity contribution < 1.29 is 14.1 Å². The minimum Gasteiger partial charge on any atom is -0.480 e. The van der Waals surface area contributed by atoms with Gasteiger partial charge in [-0.15, -0.1) is 0 Å². The van der Waals surface area contributed by atoms with Gasteiger partial charge < -0.3 is 10.8 Å². The Morgan fingerprint density at radius 2 is 2.00 bits per heavy atom. The van der Waals surface area contributed by atoms with Gasteiger partial charge in [0, 0.05) is 21.3 Å². The van der Waals surface area contributed by atoms with E-state index in [9.17, 15) is 9.00 Å². The highest BCUT2D eigenvalue weighted by molar-refractivity contribution is 7.86. The van der Waals surface area contributed by atoms with Crippen LogP contribution < -0.4 is 5.73 Å². The van der Waals surface area contributed by atoms with Crippen molar-refractivity contribution in [2.75, 3.05) is 5.75 Å². The van der Waals surface area contributed by atoms with Gasteiger partial charge in [0.25, 0.3) is 0 Å². The number of nitrogens with two attached hydrogens (primary N) is 1. The molecule has 0 saturated carbocycles. The van der Waals surface area contributed by atoms with Crippen LogP contribution in [-0.2, 0) is 15.6 Å². The minimum atomic E-state index is -1.19. The lowest BCUT2D eigenvalue weighted by Crippen LogP contribution is -2.39. The van der Waals surface area contributed by atoms with E-state index in [1.807, 2.05) is 0 Å². The van der Waals surface area contributed by atoms with E-state index in [-0.39, 0.29) is 5.75 Å². The summed E-state index contributed by atoms with van der Waals surface area (Å²) in [5.74, 6) is -1.09. The molecule has 0 saturated heterocycles. The summed E-state index contributed by atoms with van der Waals surface area (Å²) in [7, 11) is -1.19. The standard InChI is InChI=1S/C7H15NO3S/c1-7(2,3)12(11)4-5(8)6(9)10/h5H,4,8H2,1-3H3,(H,9,10). The Hall–Kier alpha value is -0.420. The predicted octanol–water partition coefficient (Wildman–Crippen LogP) is -0.0545. The third kappa shape index (κ3) is 3.82. The quantitative estimate of drug-likeness (QED) is 0.658. The molecule has 0 aliphatic rings. The number of carboxylic acids is 1. The molecule has 2 unspecified atom stereocenters. The maximum absolute atomic E-state index is 11.3. The van der Waals surface area contributed by atoms with Gasteiger partial charge in [0.15, 0.2) is 0 Å². The number of hydrogen-bond acceptors (Lipinski definition) is 3. The van der Waals surface area contributed by atoms with E-state index in [1.165, 1.54) is 0 Å². The van der Waals surface area contributed by atoms with E-state index in [1.54, 1.807) is 20.8 Å². The van der Waals surface area contributed by atoms with Crippen LogP contribution in [0.4, 0.5) is 0 Å². The average Bonchev–Trinajstić information content (AvgIpc) is 1.85. The van der Waals surface area contributed by atoms with Gasteiger partial charge in [0.05, 0.1) is 0 Å². The highest BCUT2D eigenvalue weighted by Gasteiger charge is 2.24. The van der Waals surface area contributed by atoms with Gasteiger partial charge in [0.1, 0.15) is 6.04 Å². The molecule has 3 N–H and O–H groups in total. The van der Waals surface area contributed by atoms with Crippen molar-refractivity contribution in [1.29, 1.82) is 0 Å². The topological polar surface area (TPSA) is 80.4 Å². The summed E-state index contributed by atoms with van der Waals surface area (Å²) in [6.45, 7) is 5.37. The second-order valence-electron chi connectivity index (χ2n) is 3.57. The molecular weight excluding hydrogens is 178 g/mol. The Labute approximate surface area is 74.6 Å². The predicted molar refractivity (Wildman–Crippen MR) is 48.4 cm³/mol. The molecule has 0 aromatic rings. The van der Waals surface area contributed by atoms with Gasteiger partial charge in [-0.2, -0.15) is 0 Å². The SMILES string of the molecule is CC(C)(C)S(=O)CC(N)C(=O)O. The van der Waals surface area contributed by atoms with Crippen LogP contribution in [0, 0.1) is 0 Å². The summed E-state index contributed by atoms with van der Waals surface area (Å²) in [4.78, 5) is 10.3. The number of rotatable bonds is 3. The van der Waals surface area contributed by atoms with E-state index in [2.05, 4.69) is 0 Å². The molecule has 0 fully saturated rings. The molecule has 5 heteroatoms. The molecule has 12 heavy (non-hydrogen) atoms. The van der Waals surface area contributed by atoms with Crippen molar-refractivity contribution in [3.63, 3.8) is 0 Å². The second-order valence-corrected chi connectivity index (χ2v) is 5.82. The lowest BCUT2D eigenvalue weighted by molar-refractivity contribution is -0.137. The monoisotopic (exact) mass is 193 g/mol. The Morgan fingerprint density at radius 3 is 2.25 bits per heavy atom. The van der Waals surface area contributed by atoms with Gasteiger partial charge in [-0.1, -0.05) is 0 Å². The highest BCUT2D eigenvalue weighted by Crippen LogP contribution is 2.11. The molecule has 0 aliphatic carbocycles. The van der Waals surface area contributed by atoms with E-state index in [4.69, 9.17) is 10.8 Å². The molecule has 0 heterocycles. The molecule has 0 spiro atoms. The van der Waals surface area contributed by atoms with Crippen molar-refractivity contribution in [3.05, 3.63) is 0 Å². The fourth-order valence-corrected chi connectivity index (χ4v) is 1.45. The highest BCUT2D eigenvalue weighted by atomic mass is 32.2. The fraction of sp³-hybridized carbons (Fsp3) is 0.857. The van der Waals surface area contributed by atoms with Crippen LogP contribution in [0.1, 0.15) is 20.8 Å². The zero-order valence-corrected chi connectivity index (χ0v) is 8.35. The summed E-state index contributed by atoms with van der Waals surface area (Å²) in [6.07, 6.45) is 0. The lowest BCUT2D eigenvalue weighted by atomic mass is 10.3. The summed E-state index contributed by atoms with van der Waals surface area (Å²) in [6, 6.07) is -1.02. The van der Waals surface area contributed by atoms with Crippen LogP contribution >= 0.6 is 0 Å². The zero-order chi connectivity index (χ0) is 9.94. The summed E-state index contributed by atoms with van der Waals surface area (Å²) in [5.41, 5.74) is 5.22. The average molecular weight is 193 g/mol. The Balaban J connectivity index is 4.11. The molecular formula is C7H15NO3S. The first-order valence-electron chi connectivity index (χ1n) is 3.62. The first-order valence-corrected chi connectivity index (χ1v) is 4.94. The van der Waals surface area contributed by atoms with Crippen molar-refractivity contribution in [2.45, 2.75) is 31.6 Å². The molecule has 72 valence electrons. The first-order chi connectivity index (χ1) is 5.25. The summed E-state index contributed by atoms with van der Waals surface area (Å²) >= 11 is 0. The lowest BCUT2D eigenvalue weighted by Gasteiger charge is -2.18. The largest absolute Gasteiger partial charge is 0.480 e. The van der Waals surface area contributed by atoms with E-state index >= 15 is 0 Å². The molecule has 0 aliphatic heterocycles. The van der Waals surface area contributed by atoms with Crippen LogP contribution in [0.5, 0.6) is 0 Å². The van der Waals surface area contributed by atoms with Gasteiger partial charge in [0.2, 0.25) is 0 Å². The van der Waals surface area contributed by atoms with Crippen LogP contribution in [-0.4, -0.2) is 31.8 Å². The second kappa shape index (κ2) is 4.00. The number of aliphatic carboxylic acids is 1. The van der Waals surface area contributed by atoms with Gasteiger partial charge in [-0.3, -0.25) is 9.00 Å². The molecule has 0 bridgehead atoms. The molecule has 0 aromatic heterocycles. The smallest absolute Gasteiger partial charge is 0.321 e. The Bertz CT molecular complexity index is 197. The van der Waals surface area contributed by atoms with Gasteiger partial charge in [-0.25, -0.2) is 0 Å². The maximum atomic E-state index is 11.3. The van der Waals surface area contributed by atoms with Gasteiger partial charge >= 0.3 is 5.97 Å². The third-order valence-corrected chi connectivity index (χ3v) is 3.36. The van der Waals surface area contributed by atoms with Crippen LogP contribution in [0.3, 0.4) is 0 Å². The van der Waals surface area contributed by atoms with Crippen molar-refractivity contribution in [1.82, 2.24) is 0 Å². The summed E-state index contributed by atoms with van der Waals surface area (Å²) < 4.78 is 11.0. The third-order valence-electron chi connectivity index (χ3n) is 1.33. The van der Waals surface area contributed by atoms with Crippen molar-refractivity contribution in [3.8, 4) is 0 Å². The first kappa shape index (κ1) is 11.6. The molecule has 4 nitrogen and oxygen atoms in total. The fourth-order valence-electron chi connectivity index (χ4n) is 0.484. The zero-order valence-electron chi connectivity index (χ0n) is 7.53. The van der Waals surface area contributed by atoms with Crippen LogP contribution in [0.2, 0.25) is 0 Å².